The van der Waals surface area contributed by atoms with Gasteiger partial charge in [0.05, 0.1) is 6.61 Å². The average molecular weight is 170 g/mol. The van der Waals surface area contributed by atoms with Crippen molar-refractivity contribution in [2.24, 2.45) is 10.2 Å². The molecule has 7 nitrogen and oxygen atoms in total. The second kappa shape index (κ2) is 9.58. The van der Waals surface area contributed by atoms with Crippen LogP contribution in [-0.2, 0) is 4.74 Å². The Balaban J connectivity index is 3.00. The van der Waals surface area contributed by atoms with Crippen LogP contribution in [0.1, 0.15) is 6.42 Å². The monoisotopic (exact) mass is 170 g/mol. The Labute approximate surface area is 69.6 Å². The Hall–Kier alpha value is -1.42. The molecule has 0 rings (SSSR count). The van der Waals surface area contributed by atoms with Gasteiger partial charge in [-0.15, -0.1) is 0 Å². The van der Waals surface area contributed by atoms with Crippen LogP contribution in [0.3, 0.4) is 0 Å². The van der Waals surface area contributed by atoms with Crippen LogP contribution in [0.15, 0.2) is 10.2 Å². The number of hydrogen-bond donors (Lipinski definition) is 0. The Bertz CT molecular complexity index is 170. The lowest BCUT2D eigenvalue weighted by Crippen LogP contribution is -2.00. The van der Waals surface area contributed by atoms with E-state index >= 15 is 0 Å². The van der Waals surface area contributed by atoms with Gasteiger partial charge in [-0.3, -0.25) is 0 Å². The maximum Gasteiger partial charge on any atom is 0.0522 e. The van der Waals surface area contributed by atoms with Crippen LogP contribution in [0, 0.1) is 0 Å². The van der Waals surface area contributed by atoms with Gasteiger partial charge >= 0.3 is 0 Å². The van der Waals surface area contributed by atoms with E-state index in [-0.39, 0.29) is 0 Å². The Morgan fingerprint density at radius 2 is 1.67 bits per heavy atom. The molecule has 0 atom stereocenters. The minimum atomic E-state index is 0.345. The van der Waals surface area contributed by atoms with Gasteiger partial charge in [-0.25, -0.2) is 0 Å². The van der Waals surface area contributed by atoms with Crippen molar-refractivity contribution in [2.45, 2.75) is 6.42 Å². The lowest BCUT2D eigenvalue weighted by molar-refractivity contribution is 0.140. The first-order valence-electron chi connectivity index (χ1n) is 3.51. The zero-order valence-electron chi connectivity index (χ0n) is 6.63. The molecule has 0 amide bonds. The number of azide groups is 2. The second-order valence-electron chi connectivity index (χ2n) is 1.87. The van der Waals surface area contributed by atoms with E-state index in [1.807, 2.05) is 0 Å². The van der Waals surface area contributed by atoms with E-state index < -0.39 is 0 Å². The van der Waals surface area contributed by atoms with Crippen LogP contribution in [0.5, 0.6) is 0 Å². The van der Waals surface area contributed by atoms with Crippen molar-refractivity contribution >= 4 is 0 Å². The highest BCUT2D eigenvalue weighted by Crippen LogP contribution is 1.84. The topological polar surface area (TPSA) is 107 Å². The number of rotatable bonds is 7. The molecule has 0 aliphatic rings. The van der Waals surface area contributed by atoms with E-state index in [2.05, 4.69) is 20.1 Å². The molecule has 12 heavy (non-hydrogen) atoms. The quantitative estimate of drug-likeness (QED) is 0.248. The van der Waals surface area contributed by atoms with Crippen molar-refractivity contribution in [2.75, 3.05) is 26.3 Å². The number of hydrogen-bond acceptors (Lipinski definition) is 3. The average Bonchev–Trinajstić information content (AvgIpc) is 2.10. The Kier molecular flexibility index (Phi) is 8.45. The van der Waals surface area contributed by atoms with E-state index in [0.29, 0.717) is 32.7 Å². The summed E-state index contributed by atoms with van der Waals surface area (Å²) in [6.45, 7) is 1.73. The number of nitrogens with zero attached hydrogens (tertiary/aromatic N) is 6. The van der Waals surface area contributed by atoms with E-state index in [1.165, 1.54) is 0 Å². The SMILES string of the molecule is [N-]=[N+]=NCCCOCCN=[N+]=[N-]. The van der Waals surface area contributed by atoms with Gasteiger partial charge in [-0.05, 0) is 17.5 Å². The van der Waals surface area contributed by atoms with Gasteiger partial charge in [0.15, 0.2) is 0 Å². The number of ether oxygens (including phenoxy) is 1. The molecule has 0 aromatic rings. The van der Waals surface area contributed by atoms with Gasteiger partial charge in [0.1, 0.15) is 0 Å². The first-order valence-corrected chi connectivity index (χ1v) is 3.51. The van der Waals surface area contributed by atoms with E-state index in [0.717, 1.165) is 0 Å². The van der Waals surface area contributed by atoms with E-state index in [9.17, 15) is 0 Å². The molecule has 0 N–H and O–H groups in total. The fourth-order valence-corrected chi connectivity index (χ4v) is 0.534. The van der Waals surface area contributed by atoms with E-state index in [1.54, 1.807) is 0 Å². The molecule has 66 valence electrons. The first-order chi connectivity index (χ1) is 5.91. The molecule has 0 saturated heterocycles. The Morgan fingerprint density at radius 3 is 2.33 bits per heavy atom. The van der Waals surface area contributed by atoms with Crippen molar-refractivity contribution in [1.29, 1.82) is 0 Å². The third kappa shape index (κ3) is 8.58. The maximum atomic E-state index is 7.90. The summed E-state index contributed by atoms with van der Waals surface area (Å²) in [7, 11) is 0. The fourth-order valence-electron chi connectivity index (χ4n) is 0.534. The molecular weight excluding hydrogens is 160 g/mol. The van der Waals surface area contributed by atoms with Crippen molar-refractivity contribution in [3.63, 3.8) is 0 Å². The largest absolute Gasteiger partial charge is 0.381 e. The van der Waals surface area contributed by atoms with Gasteiger partial charge < -0.3 is 4.74 Å². The highest BCUT2D eigenvalue weighted by molar-refractivity contribution is 4.47. The molecule has 0 fully saturated rings. The highest BCUT2D eigenvalue weighted by Gasteiger charge is 1.86. The summed E-state index contributed by atoms with van der Waals surface area (Å²) in [5, 5.41) is 6.60. The summed E-state index contributed by atoms with van der Waals surface area (Å²) < 4.78 is 5.03. The summed E-state index contributed by atoms with van der Waals surface area (Å²) in [5.41, 5.74) is 15.8. The molecule has 0 saturated carbocycles. The van der Waals surface area contributed by atoms with Crippen LogP contribution in [0.25, 0.3) is 20.9 Å². The van der Waals surface area contributed by atoms with Crippen LogP contribution in [0.2, 0.25) is 0 Å². The first kappa shape index (κ1) is 10.6. The van der Waals surface area contributed by atoms with Gasteiger partial charge in [0, 0.05) is 29.5 Å². The van der Waals surface area contributed by atoms with Gasteiger partial charge in [-0.1, -0.05) is 10.2 Å². The molecule has 0 aliphatic carbocycles. The summed E-state index contributed by atoms with van der Waals surface area (Å²) in [4.78, 5) is 5.15. The van der Waals surface area contributed by atoms with Crippen LogP contribution < -0.4 is 0 Å². The molecule has 0 spiro atoms. The molecule has 0 heterocycles. The van der Waals surface area contributed by atoms with Crippen LogP contribution >= 0.6 is 0 Å². The molecule has 0 aromatic heterocycles. The minimum absolute atomic E-state index is 0.345. The lowest BCUT2D eigenvalue weighted by atomic mass is 10.5. The predicted octanol–water partition coefficient (Wildman–Crippen LogP) is 2.01. The molecular formula is C5H10N6O. The summed E-state index contributed by atoms with van der Waals surface area (Å²) in [6, 6.07) is 0. The van der Waals surface area contributed by atoms with Gasteiger partial charge in [0.2, 0.25) is 0 Å². The molecule has 0 unspecified atom stereocenters. The van der Waals surface area contributed by atoms with E-state index in [4.69, 9.17) is 15.8 Å². The van der Waals surface area contributed by atoms with Gasteiger partial charge in [-0.2, -0.15) is 0 Å². The van der Waals surface area contributed by atoms with Crippen molar-refractivity contribution in [3.8, 4) is 0 Å². The van der Waals surface area contributed by atoms with Crippen molar-refractivity contribution in [3.05, 3.63) is 20.9 Å². The maximum absolute atomic E-state index is 7.90. The highest BCUT2D eigenvalue weighted by atomic mass is 16.5. The van der Waals surface area contributed by atoms with Crippen LogP contribution in [-0.4, -0.2) is 26.3 Å². The molecule has 0 aromatic carbocycles. The fraction of sp³-hybridized carbons (Fsp3) is 1.00. The summed E-state index contributed by atoms with van der Waals surface area (Å²) in [5.74, 6) is 0. The third-order valence-electron chi connectivity index (χ3n) is 1.01. The molecule has 0 bridgehead atoms. The molecule has 0 aliphatic heterocycles. The van der Waals surface area contributed by atoms with Gasteiger partial charge in [0.25, 0.3) is 0 Å². The standard InChI is InChI=1S/C5H10N6O/c6-10-8-2-1-4-12-5-3-9-11-7/h1-5H2. The second-order valence-corrected chi connectivity index (χ2v) is 1.87. The zero-order valence-corrected chi connectivity index (χ0v) is 6.63. The minimum Gasteiger partial charge on any atom is -0.381 e. The molecule has 7 heteroatoms. The van der Waals surface area contributed by atoms with Crippen molar-refractivity contribution < 1.29 is 4.74 Å². The zero-order chi connectivity index (χ0) is 9.07. The summed E-state index contributed by atoms with van der Waals surface area (Å²) in [6.07, 6.45) is 0.695. The Morgan fingerprint density at radius 1 is 1.00 bits per heavy atom. The third-order valence-corrected chi connectivity index (χ3v) is 1.01. The van der Waals surface area contributed by atoms with Crippen molar-refractivity contribution in [1.82, 2.24) is 0 Å². The van der Waals surface area contributed by atoms with Crippen LogP contribution in [0.4, 0.5) is 0 Å². The summed E-state index contributed by atoms with van der Waals surface area (Å²) >= 11 is 0. The lowest BCUT2D eigenvalue weighted by Gasteiger charge is -1.97. The normalized spacial score (nSPS) is 8.33. The predicted molar refractivity (Wildman–Crippen MR) is 43.5 cm³/mol. The molecule has 0 radical (unpaired) electrons. The smallest absolute Gasteiger partial charge is 0.0522 e.